The molecular weight excluding hydrogens is 503 g/mol. The summed E-state index contributed by atoms with van der Waals surface area (Å²) in [6.07, 6.45) is 1.57. The Balaban J connectivity index is 1.94. The SMILES string of the molecule is CCOc1cc(/C=C(/C#N)C(=O)N(C)C)cc(I)c1OCc1cccc2ccccc12. The maximum atomic E-state index is 12.2. The van der Waals surface area contributed by atoms with E-state index in [1.165, 1.54) is 10.3 Å². The summed E-state index contributed by atoms with van der Waals surface area (Å²) in [6, 6.07) is 20.0. The number of likely N-dealkylation sites (N-methyl/N-ethyl adjacent to an activating group) is 1. The first kappa shape index (κ1) is 22.6. The van der Waals surface area contributed by atoms with Gasteiger partial charge < -0.3 is 14.4 Å². The highest BCUT2D eigenvalue weighted by molar-refractivity contribution is 14.1. The number of benzene rings is 3. The van der Waals surface area contributed by atoms with Crippen LogP contribution in [-0.2, 0) is 11.4 Å². The number of carbonyl (C=O) groups excluding carboxylic acids is 1. The van der Waals surface area contributed by atoms with Crippen LogP contribution in [0.25, 0.3) is 16.8 Å². The summed E-state index contributed by atoms with van der Waals surface area (Å²) in [5.41, 5.74) is 1.86. The van der Waals surface area contributed by atoms with Gasteiger partial charge in [-0.05, 0) is 69.6 Å². The van der Waals surface area contributed by atoms with Crippen LogP contribution in [0.4, 0.5) is 0 Å². The topological polar surface area (TPSA) is 62.6 Å². The molecule has 0 saturated heterocycles. The molecule has 31 heavy (non-hydrogen) atoms. The van der Waals surface area contributed by atoms with E-state index in [0.717, 1.165) is 14.5 Å². The largest absolute Gasteiger partial charge is 0.490 e. The minimum absolute atomic E-state index is 0.0627. The molecule has 0 atom stereocenters. The monoisotopic (exact) mass is 526 g/mol. The molecule has 6 heteroatoms. The van der Waals surface area contributed by atoms with Crippen molar-refractivity contribution in [2.45, 2.75) is 13.5 Å². The van der Waals surface area contributed by atoms with E-state index in [1.807, 2.05) is 37.3 Å². The Morgan fingerprint density at radius 1 is 1.13 bits per heavy atom. The molecule has 0 aliphatic carbocycles. The van der Waals surface area contributed by atoms with Crippen molar-refractivity contribution in [1.29, 1.82) is 5.26 Å². The van der Waals surface area contributed by atoms with Gasteiger partial charge in [-0.2, -0.15) is 5.26 Å². The Bertz CT molecular complexity index is 1170. The zero-order valence-corrected chi connectivity index (χ0v) is 19.8. The highest BCUT2D eigenvalue weighted by Crippen LogP contribution is 2.36. The van der Waals surface area contributed by atoms with Gasteiger partial charge in [0.2, 0.25) is 0 Å². The van der Waals surface area contributed by atoms with E-state index in [2.05, 4.69) is 46.9 Å². The van der Waals surface area contributed by atoms with Gasteiger partial charge in [0.15, 0.2) is 11.5 Å². The highest BCUT2D eigenvalue weighted by Gasteiger charge is 2.15. The number of nitriles is 1. The number of hydrogen-bond acceptors (Lipinski definition) is 4. The third kappa shape index (κ3) is 5.36. The molecule has 3 aromatic carbocycles. The Hall–Kier alpha value is -3.05. The maximum absolute atomic E-state index is 12.2. The van der Waals surface area contributed by atoms with Crippen molar-refractivity contribution in [3.63, 3.8) is 0 Å². The second kappa shape index (κ2) is 10.3. The first-order valence-corrected chi connectivity index (χ1v) is 10.9. The van der Waals surface area contributed by atoms with Crippen molar-refractivity contribution >= 4 is 45.3 Å². The molecule has 0 bridgehead atoms. The molecule has 0 aromatic heterocycles. The predicted molar refractivity (Wildman–Crippen MR) is 131 cm³/mol. The molecule has 1 amide bonds. The van der Waals surface area contributed by atoms with Crippen molar-refractivity contribution < 1.29 is 14.3 Å². The summed E-state index contributed by atoms with van der Waals surface area (Å²) in [5.74, 6) is 0.882. The number of amides is 1. The van der Waals surface area contributed by atoms with E-state index in [4.69, 9.17) is 9.47 Å². The lowest BCUT2D eigenvalue weighted by Gasteiger charge is -2.16. The Kier molecular flexibility index (Phi) is 7.53. The van der Waals surface area contributed by atoms with Crippen LogP contribution in [0.3, 0.4) is 0 Å². The quantitative estimate of drug-likeness (QED) is 0.235. The van der Waals surface area contributed by atoms with E-state index < -0.39 is 0 Å². The lowest BCUT2D eigenvalue weighted by atomic mass is 10.1. The van der Waals surface area contributed by atoms with Crippen LogP contribution in [0.5, 0.6) is 11.5 Å². The average Bonchev–Trinajstić information content (AvgIpc) is 2.76. The Labute approximate surface area is 196 Å². The van der Waals surface area contributed by atoms with Gasteiger partial charge in [0.25, 0.3) is 5.91 Å². The fraction of sp³-hybridized carbons (Fsp3) is 0.200. The number of ether oxygens (including phenoxy) is 2. The molecule has 3 rings (SSSR count). The summed E-state index contributed by atoms with van der Waals surface area (Å²) < 4.78 is 12.9. The van der Waals surface area contributed by atoms with Gasteiger partial charge in [-0.15, -0.1) is 0 Å². The van der Waals surface area contributed by atoms with Crippen LogP contribution in [0, 0.1) is 14.9 Å². The smallest absolute Gasteiger partial charge is 0.264 e. The number of fused-ring (bicyclic) bond motifs is 1. The predicted octanol–water partition coefficient (Wildman–Crippen LogP) is 5.42. The summed E-state index contributed by atoms with van der Waals surface area (Å²) in [5, 5.41) is 11.7. The van der Waals surface area contributed by atoms with Crippen molar-refractivity contribution in [3.05, 3.63) is 74.9 Å². The van der Waals surface area contributed by atoms with Gasteiger partial charge in [0, 0.05) is 14.1 Å². The minimum atomic E-state index is -0.341. The normalized spacial score (nSPS) is 11.1. The second-order valence-corrected chi connectivity index (χ2v) is 8.22. The molecule has 0 aliphatic rings. The van der Waals surface area contributed by atoms with Crippen LogP contribution >= 0.6 is 22.6 Å². The Morgan fingerprint density at radius 3 is 2.58 bits per heavy atom. The van der Waals surface area contributed by atoms with Crippen molar-refractivity contribution in [2.75, 3.05) is 20.7 Å². The molecule has 0 spiro atoms. The Morgan fingerprint density at radius 2 is 1.87 bits per heavy atom. The van der Waals surface area contributed by atoms with E-state index >= 15 is 0 Å². The summed E-state index contributed by atoms with van der Waals surface area (Å²) >= 11 is 2.19. The first-order valence-electron chi connectivity index (χ1n) is 9.83. The van der Waals surface area contributed by atoms with Crippen molar-refractivity contribution in [2.24, 2.45) is 0 Å². The average molecular weight is 526 g/mol. The fourth-order valence-electron chi connectivity index (χ4n) is 3.19. The number of carbonyl (C=O) groups is 1. The van der Waals surface area contributed by atoms with Crippen LogP contribution < -0.4 is 9.47 Å². The number of hydrogen-bond donors (Lipinski definition) is 0. The van der Waals surface area contributed by atoms with Crippen LogP contribution in [0.15, 0.2) is 60.2 Å². The third-order valence-electron chi connectivity index (χ3n) is 4.65. The van der Waals surface area contributed by atoms with Gasteiger partial charge in [0.1, 0.15) is 18.2 Å². The van der Waals surface area contributed by atoms with E-state index in [0.29, 0.717) is 30.3 Å². The van der Waals surface area contributed by atoms with Gasteiger partial charge in [-0.25, -0.2) is 0 Å². The summed E-state index contributed by atoms with van der Waals surface area (Å²) in [4.78, 5) is 13.6. The molecule has 158 valence electrons. The van der Waals surface area contributed by atoms with Gasteiger partial charge in [-0.1, -0.05) is 42.5 Å². The molecule has 0 fully saturated rings. The molecule has 0 heterocycles. The van der Waals surface area contributed by atoms with Crippen LogP contribution in [0.2, 0.25) is 0 Å². The molecule has 0 radical (unpaired) electrons. The molecule has 3 aromatic rings. The van der Waals surface area contributed by atoms with Crippen LogP contribution in [-0.4, -0.2) is 31.5 Å². The second-order valence-electron chi connectivity index (χ2n) is 7.06. The van der Waals surface area contributed by atoms with Gasteiger partial charge in [-0.3, -0.25) is 4.79 Å². The molecule has 0 unspecified atom stereocenters. The molecule has 0 aliphatic heterocycles. The van der Waals surface area contributed by atoms with E-state index in [1.54, 1.807) is 26.2 Å². The highest BCUT2D eigenvalue weighted by atomic mass is 127. The van der Waals surface area contributed by atoms with Gasteiger partial charge >= 0.3 is 0 Å². The third-order valence-corrected chi connectivity index (χ3v) is 5.45. The zero-order chi connectivity index (χ0) is 22.4. The number of rotatable bonds is 7. The van der Waals surface area contributed by atoms with Gasteiger partial charge in [0.05, 0.1) is 10.2 Å². The number of halogens is 1. The minimum Gasteiger partial charge on any atom is -0.490 e. The number of nitrogens with zero attached hydrogens (tertiary/aromatic N) is 2. The summed E-state index contributed by atoms with van der Waals surface area (Å²) in [7, 11) is 3.24. The lowest BCUT2D eigenvalue weighted by Crippen LogP contribution is -2.22. The van der Waals surface area contributed by atoms with Crippen LogP contribution in [0.1, 0.15) is 18.1 Å². The maximum Gasteiger partial charge on any atom is 0.264 e. The molecule has 5 nitrogen and oxygen atoms in total. The van der Waals surface area contributed by atoms with Crippen molar-refractivity contribution in [3.8, 4) is 17.6 Å². The fourth-order valence-corrected chi connectivity index (χ4v) is 3.97. The lowest BCUT2D eigenvalue weighted by molar-refractivity contribution is -0.124. The summed E-state index contributed by atoms with van der Waals surface area (Å²) in [6.45, 7) is 2.77. The first-order chi connectivity index (χ1) is 14.9. The van der Waals surface area contributed by atoms with E-state index in [-0.39, 0.29) is 11.5 Å². The molecule has 0 N–H and O–H groups in total. The molecular formula is C25H23IN2O3. The molecule has 0 saturated carbocycles. The van der Waals surface area contributed by atoms with E-state index in [9.17, 15) is 10.1 Å². The van der Waals surface area contributed by atoms with Crippen molar-refractivity contribution in [1.82, 2.24) is 4.90 Å². The standard InChI is InChI=1S/C25H23IN2O3/c1-4-30-23-14-17(12-20(15-27)25(29)28(2)3)13-22(26)24(23)31-16-19-10-7-9-18-8-5-6-11-21(18)19/h5-14H,4,16H2,1-3H3/b20-12-. The zero-order valence-electron chi connectivity index (χ0n) is 17.7.